The Labute approximate surface area is 170 Å². The van der Waals surface area contributed by atoms with Gasteiger partial charge >= 0.3 is 0 Å². The second-order valence-electron chi connectivity index (χ2n) is 7.07. The molecule has 2 aromatic carbocycles. The summed E-state index contributed by atoms with van der Waals surface area (Å²) < 4.78 is 0. The van der Waals surface area contributed by atoms with Gasteiger partial charge < -0.3 is 15.6 Å². The summed E-state index contributed by atoms with van der Waals surface area (Å²) in [4.78, 5) is 20.0. The highest BCUT2D eigenvalue weighted by molar-refractivity contribution is 5.92. The van der Waals surface area contributed by atoms with Gasteiger partial charge in [-0.1, -0.05) is 48.5 Å². The second-order valence-corrected chi connectivity index (χ2v) is 7.07. The summed E-state index contributed by atoms with van der Waals surface area (Å²) in [5.74, 6) is -0.160. The molecular weight excluding hydrogens is 360 g/mol. The second kappa shape index (κ2) is 8.61. The van der Waals surface area contributed by atoms with E-state index in [1.165, 1.54) is 16.5 Å². The van der Waals surface area contributed by atoms with Crippen LogP contribution in [0.5, 0.6) is 0 Å². The molecule has 1 amide bonds. The van der Waals surface area contributed by atoms with Gasteiger partial charge in [-0.25, -0.2) is 4.98 Å². The number of aromatic nitrogens is 2. The lowest BCUT2D eigenvalue weighted by molar-refractivity contribution is 0.0949. The van der Waals surface area contributed by atoms with Gasteiger partial charge in [-0.2, -0.15) is 0 Å². The van der Waals surface area contributed by atoms with Gasteiger partial charge in [-0.3, -0.25) is 4.79 Å². The Morgan fingerprint density at radius 2 is 1.83 bits per heavy atom. The normalized spacial score (nSPS) is 11.9. The zero-order valence-corrected chi connectivity index (χ0v) is 16.4. The van der Waals surface area contributed by atoms with Crippen molar-refractivity contribution in [2.45, 2.75) is 19.4 Å². The third-order valence-corrected chi connectivity index (χ3v) is 5.03. The largest absolute Gasteiger partial charge is 0.377 e. The number of hydrogen-bond donors (Lipinski definition) is 3. The van der Waals surface area contributed by atoms with Crippen molar-refractivity contribution in [3.05, 3.63) is 95.9 Å². The molecule has 5 heteroatoms. The zero-order chi connectivity index (χ0) is 20.1. The van der Waals surface area contributed by atoms with Crippen molar-refractivity contribution in [3.63, 3.8) is 0 Å². The molecule has 0 aliphatic rings. The Hall–Kier alpha value is -3.60. The number of amides is 1. The molecule has 3 N–H and O–H groups in total. The number of benzene rings is 2. The average Bonchev–Trinajstić information content (AvgIpc) is 3.18. The Balaban J connectivity index is 1.31. The van der Waals surface area contributed by atoms with Gasteiger partial charge in [0.1, 0.15) is 5.69 Å². The van der Waals surface area contributed by atoms with E-state index in [1.807, 2.05) is 42.6 Å². The van der Waals surface area contributed by atoms with Crippen molar-refractivity contribution in [3.8, 4) is 0 Å². The van der Waals surface area contributed by atoms with Crippen LogP contribution in [0.15, 0.2) is 79.1 Å². The van der Waals surface area contributed by atoms with E-state index >= 15 is 0 Å². The minimum absolute atomic E-state index is 0.160. The SMILES string of the molecule is CC(Nc1ccc(C(=O)NCCc2c[nH]c3ccccc23)nc1)c1ccccc1. The van der Waals surface area contributed by atoms with Crippen molar-refractivity contribution in [1.29, 1.82) is 0 Å². The van der Waals surface area contributed by atoms with Gasteiger partial charge in [0.25, 0.3) is 5.91 Å². The molecule has 29 heavy (non-hydrogen) atoms. The third-order valence-electron chi connectivity index (χ3n) is 5.03. The number of nitrogens with one attached hydrogen (secondary N) is 3. The first-order valence-electron chi connectivity index (χ1n) is 9.81. The van der Waals surface area contributed by atoms with Gasteiger partial charge in [0.15, 0.2) is 0 Å². The lowest BCUT2D eigenvalue weighted by Gasteiger charge is -2.15. The quantitative estimate of drug-likeness (QED) is 0.432. The van der Waals surface area contributed by atoms with Crippen molar-refractivity contribution < 1.29 is 4.79 Å². The first kappa shape index (κ1) is 18.7. The van der Waals surface area contributed by atoms with Gasteiger partial charge in [-0.05, 0) is 42.7 Å². The van der Waals surface area contributed by atoms with Crippen LogP contribution in [0, 0.1) is 0 Å². The molecule has 0 aliphatic carbocycles. The van der Waals surface area contributed by atoms with E-state index < -0.39 is 0 Å². The number of carbonyl (C=O) groups is 1. The molecule has 0 saturated carbocycles. The van der Waals surface area contributed by atoms with E-state index in [9.17, 15) is 4.79 Å². The standard InChI is InChI=1S/C24H24N4O/c1-17(18-7-3-2-4-8-18)28-20-11-12-23(27-16-20)24(29)25-14-13-19-15-26-22-10-6-5-9-21(19)22/h2-12,15-17,26,28H,13-14H2,1H3,(H,25,29). The predicted octanol–water partition coefficient (Wildman–Crippen LogP) is 4.71. The average molecular weight is 384 g/mol. The first-order valence-corrected chi connectivity index (χ1v) is 9.81. The highest BCUT2D eigenvalue weighted by atomic mass is 16.1. The van der Waals surface area contributed by atoms with Crippen LogP contribution in [0.1, 0.15) is 34.6 Å². The molecule has 5 nitrogen and oxygen atoms in total. The van der Waals surface area contributed by atoms with Crippen molar-refractivity contribution in [2.24, 2.45) is 0 Å². The minimum atomic E-state index is -0.160. The summed E-state index contributed by atoms with van der Waals surface area (Å²) in [7, 11) is 0. The molecule has 2 heterocycles. The molecule has 2 aromatic heterocycles. The topological polar surface area (TPSA) is 69.8 Å². The van der Waals surface area contributed by atoms with Crippen molar-refractivity contribution in [1.82, 2.24) is 15.3 Å². The zero-order valence-electron chi connectivity index (χ0n) is 16.4. The molecule has 1 atom stereocenters. The maximum Gasteiger partial charge on any atom is 0.269 e. The number of hydrogen-bond acceptors (Lipinski definition) is 3. The summed E-state index contributed by atoms with van der Waals surface area (Å²) in [6, 6.07) is 22.2. The number of fused-ring (bicyclic) bond motifs is 1. The molecule has 0 fully saturated rings. The Kier molecular flexibility index (Phi) is 5.56. The molecule has 4 rings (SSSR count). The predicted molar refractivity (Wildman–Crippen MR) is 117 cm³/mol. The minimum Gasteiger partial charge on any atom is -0.377 e. The highest BCUT2D eigenvalue weighted by Crippen LogP contribution is 2.19. The summed E-state index contributed by atoms with van der Waals surface area (Å²) in [5, 5.41) is 7.55. The summed E-state index contributed by atoms with van der Waals surface area (Å²) in [6.45, 7) is 2.66. The van der Waals surface area contributed by atoms with Gasteiger partial charge in [-0.15, -0.1) is 0 Å². The van der Waals surface area contributed by atoms with Crippen molar-refractivity contribution in [2.75, 3.05) is 11.9 Å². The fourth-order valence-electron chi connectivity index (χ4n) is 3.43. The summed E-state index contributed by atoms with van der Waals surface area (Å²) >= 11 is 0. The van der Waals surface area contributed by atoms with E-state index in [0.717, 1.165) is 17.6 Å². The molecule has 4 aromatic rings. The Morgan fingerprint density at radius 3 is 2.62 bits per heavy atom. The number of para-hydroxylation sites is 1. The van der Waals surface area contributed by atoms with Gasteiger partial charge in [0.2, 0.25) is 0 Å². The van der Waals surface area contributed by atoms with Crippen LogP contribution in [-0.4, -0.2) is 22.4 Å². The molecule has 0 bridgehead atoms. The summed E-state index contributed by atoms with van der Waals surface area (Å²) in [5.41, 5.74) is 4.82. The van der Waals surface area contributed by atoms with Gasteiger partial charge in [0, 0.05) is 29.7 Å². The van der Waals surface area contributed by atoms with Crippen LogP contribution in [-0.2, 0) is 6.42 Å². The van der Waals surface area contributed by atoms with Gasteiger partial charge in [0.05, 0.1) is 11.9 Å². The molecule has 0 aliphatic heterocycles. The van der Waals surface area contributed by atoms with Crippen molar-refractivity contribution >= 4 is 22.5 Å². The van der Waals surface area contributed by atoms with E-state index in [0.29, 0.717) is 12.2 Å². The third kappa shape index (κ3) is 4.46. The number of rotatable bonds is 7. The van der Waals surface area contributed by atoms with Crippen LogP contribution < -0.4 is 10.6 Å². The summed E-state index contributed by atoms with van der Waals surface area (Å²) in [6.07, 6.45) is 4.47. The first-order chi connectivity index (χ1) is 14.2. The number of aromatic amines is 1. The number of pyridine rings is 1. The monoisotopic (exact) mass is 384 g/mol. The van der Waals surface area contributed by atoms with Crippen LogP contribution in [0.25, 0.3) is 10.9 Å². The van der Waals surface area contributed by atoms with E-state index in [-0.39, 0.29) is 11.9 Å². The number of anilines is 1. The molecule has 0 spiro atoms. The van der Waals surface area contributed by atoms with Crippen LogP contribution in [0.3, 0.4) is 0 Å². The molecular formula is C24H24N4O. The molecule has 0 saturated heterocycles. The molecule has 146 valence electrons. The maximum absolute atomic E-state index is 12.4. The lowest BCUT2D eigenvalue weighted by Crippen LogP contribution is -2.26. The molecule has 1 unspecified atom stereocenters. The Morgan fingerprint density at radius 1 is 1.03 bits per heavy atom. The van der Waals surface area contributed by atoms with E-state index in [2.05, 4.69) is 51.8 Å². The fraction of sp³-hybridized carbons (Fsp3) is 0.167. The van der Waals surface area contributed by atoms with Crippen LogP contribution in [0.4, 0.5) is 5.69 Å². The fourth-order valence-corrected chi connectivity index (χ4v) is 3.43. The molecule has 0 radical (unpaired) electrons. The highest BCUT2D eigenvalue weighted by Gasteiger charge is 2.09. The van der Waals surface area contributed by atoms with E-state index in [1.54, 1.807) is 12.3 Å². The lowest BCUT2D eigenvalue weighted by atomic mass is 10.1. The van der Waals surface area contributed by atoms with Crippen LogP contribution >= 0.6 is 0 Å². The van der Waals surface area contributed by atoms with E-state index in [4.69, 9.17) is 0 Å². The Bertz CT molecular complexity index is 1090. The smallest absolute Gasteiger partial charge is 0.269 e. The number of H-pyrrole nitrogens is 1. The number of nitrogens with zero attached hydrogens (tertiary/aromatic N) is 1. The maximum atomic E-state index is 12.4. The van der Waals surface area contributed by atoms with Crippen LogP contribution in [0.2, 0.25) is 0 Å². The number of carbonyl (C=O) groups excluding carboxylic acids is 1.